The topological polar surface area (TPSA) is 38.3 Å². The fourth-order valence-corrected chi connectivity index (χ4v) is 5.48. The van der Waals surface area contributed by atoms with E-state index in [-0.39, 0.29) is 11.3 Å². The number of methoxy groups -OCH3 is 1. The number of Topliss-reactive ketones (excluding diaryl/α,β-unsaturated/α-hetero) is 1. The summed E-state index contributed by atoms with van der Waals surface area (Å²) in [4.78, 5) is 12.7. The standard InChI is InChI=1S/C19H25NO2/c1-11-12(2)18-16-8-13-4-5-14(22-3)9-15(13)19(18,6-7-20-16)10-17(11)21/h4-5,9,11-12,16,18,20H,6-8,10H2,1-3H3/t11-,12-,16+,18-,19+/m0/s1. The lowest BCUT2D eigenvalue weighted by atomic mass is 9.48. The molecule has 0 unspecified atom stereocenters. The maximum absolute atomic E-state index is 12.7. The van der Waals surface area contributed by atoms with Crippen molar-refractivity contribution in [3.8, 4) is 5.75 Å². The Kier molecular flexibility index (Phi) is 3.12. The number of carbonyl (C=O) groups excluding carboxylic acids is 1. The number of nitrogens with one attached hydrogen (secondary N) is 1. The van der Waals surface area contributed by atoms with Crippen LogP contribution >= 0.6 is 0 Å². The molecule has 1 N–H and O–H groups in total. The molecule has 1 saturated carbocycles. The molecule has 0 radical (unpaired) electrons. The van der Waals surface area contributed by atoms with Gasteiger partial charge in [-0.3, -0.25) is 4.79 Å². The molecule has 4 rings (SSSR count). The molecule has 0 amide bonds. The normalized spacial score (nSPS) is 39.9. The van der Waals surface area contributed by atoms with Crippen molar-refractivity contribution in [1.82, 2.24) is 5.32 Å². The first-order valence-electron chi connectivity index (χ1n) is 8.50. The van der Waals surface area contributed by atoms with Crippen molar-refractivity contribution >= 4 is 5.78 Å². The first-order chi connectivity index (χ1) is 10.6. The van der Waals surface area contributed by atoms with E-state index in [0.717, 1.165) is 25.1 Å². The number of hydrogen-bond donors (Lipinski definition) is 1. The van der Waals surface area contributed by atoms with Crippen molar-refractivity contribution in [3.63, 3.8) is 0 Å². The Morgan fingerprint density at radius 2 is 2.14 bits per heavy atom. The van der Waals surface area contributed by atoms with Crippen LogP contribution in [-0.2, 0) is 16.6 Å². The molecule has 118 valence electrons. The lowest BCUT2D eigenvalue weighted by Gasteiger charge is -2.58. The summed E-state index contributed by atoms with van der Waals surface area (Å²) in [6.45, 7) is 5.43. The van der Waals surface area contributed by atoms with Gasteiger partial charge < -0.3 is 10.1 Å². The maximum atomic E-state index is 12.7. The van der Waals surface area contributed by atoms with Gasteiger partial charge in [-0.1, -0.05) is 19.9 Å². The highest BCUT2D eigenvalue weighted by Crippen LogP contribution is 2.56. The van der Waals surface area contributed by atoms with Gasteiger partial charge in [0.15, 0.2) is 0 Å². The van der Waals surface area contributed by atoms with Crippen molar-refractivity contribution in [3.05, 3.63) is 29.3 Å². The number of piperidine rings is 1. The average molecular weight is 299 g/mol. The molecule has 2 bridgehead atoms. The van der Waals surface area contributed by atoms with Crippen LogP contribution in [-0.4, -0.2) is 25.5 Å². The molecule has 0 spiro atoms. The van der Waals surface area contributed by atoms with Gasteiger partial charge in [0, 0.05) is 23.8 Å². The zero-order valence-electron chi connectivity index (χ0n) is 13.7. The Morgan fingerprint density at radius 3 is 2.91 bits per heavy atom. The number of carbonyl (C=O) groups is 1. The van der Waals surface area contributed by atoms with E-state index in [9.17, 15) is 4.79 Å². The Hall–Kier alpha value is -1.35. The molecule has 1 aromatic rings. The van der Waals surface area contributed by atoms with Crippen LogP contribution in [0, 0.1) is 17.8 Å². The van der Waals surface area contributed by atoms with Crippen LogP contribution in [0.1, 0.15) is 37.8 Å². The Morgan fingerprint density at radius 1 is 1.32 bits per heavy atom. The monoisotopic (exact) mass is 299 g/mol. The van der Waals surface area contributed by atoms with E-state index in [4.69, 9.17) is 4.74 Å². The highest BCUT2D eigenvalue weighted by Gasteiger charge is 2.57. The summed E-state index contributed by atoms with van der Waals surface area (Å²) in [6.07, 6.45) is 2.86. The predicted octanol–water partition coefficient (Wildman–Crippen LogP) is 2.71. The van der Waals surface area contributed by atoms with E-state index in [2.05, 4.69) is 37.4 Å². The van der Waals surface area contributed by atoms with Gasteiger partial charge in [-0.25, -0.2) is 0 Å². The molecule has 3 heteroatoms. The first kappa shape index (κ1) is 14.3. The van der Waals surface area contributed by atoms with Crippen LogP contribution in [0.3, 0.4) is 0 Å². The number of ketones is 1. The molecular weight excluding hydrogens is 274 g/mol. The second-order valence-electron chi connectivity index (χ2n) is 7.51. The summed E-state index contributed by atoms with van der Waals surface area (Å²) in [6, 6.07) is 6.99. The summed E-state index contributed by atoms with van der Waals surface area (Å²) >= 11 is 0. The van der Waals surface area contributed by atoms with Gasteiger partial charge in [0.05, 0.1) is 7.11 Å². The highest BCUT2D eigenvalue weighted by atomic mass is 16.5. The minimum absolute atomic E-state index is 0.0288. The highest BCUT2D eigenvalue weighted by molar-refractivity contribution is 5.84. The number of benzene rings is 1. The third-order valence-electron chi connectivity index (χ3n) is 6.70. The van der Waals surface area contributed by atoms with Gasteiger partial charge in [0.2, 0.25) is 0 Å². The van der Waals surface area contributed by atoms with Crippen LogP contribution in [0.15, 0.2) is 18.2 Å². The van der Waals surface area contributed by atoms with Crippen molar-refractivity contribution in [2.24, 2.45) is 17.8 Å². The van der Waals surface area contributed by atoms with Crippen LogP contribution < -0.4 is 10.1 Å². The van der Waals surface area contributed by atoms with E-state index in [1.807, 2.05) is 0 Å². The Bertz CT molecular complexity index is 626. The molecule has 3 aliphatic rings. The first-order valence-corrected chi connectivity index (χ1v) is 8.50. The molecule has 1 heterocycles. The second kappa shape index (κ2) is 4.82. The van der Waals surface area contributed by atoms with E-state index in [1.165, 1.54) is 11.1 Å². The Balaban J connectivity index is 1.91. The minimum Gasteiger partial charge on any atom is -0.497 e. The largest absolute Gasteiger partial charge is 0.497 e. The summed E-state index contributed by atoms with van der Waals surface area (Å²) in [5.74, 6) is 2.56. The zero-order valence-corrected chi connectivity index (χ0v) is 13.7. The van der Waals surface area contributed by atoms with Gasteiger partial charge in [-0.05, 0) is 54.5 Å². The predicted molar refractivity (Wildman–Crippen MR) is 86.2 cm³/mol. The SMILES string of the molecule is COc1ccc2c(c1)[C@]13CCN[C@H](C2)[C@@H]1[C@@H](C)[C@H](C)C(=O)C3. The van der Waals surface area contributed by atoms with E-state index in [0.29, 0.717) is 30.1 Å². The number of rotatable bonds is 1. The number of ether oxygens (including phenoxy) is 1. The molecule has 0 aromatic heterocycles. The molecule has 2 fully saturated rings. The van der Waals surface area contributed by atoms with E-state index < -0.39 is 0 Å². The van der Waals surface area contributed by atoms with Crippen LogP contribution in [0.25, 0.3) is 0 Å². The van der Waals surface area contributed by atoms with Gasteiger partial charge in [-0.2, -0.15) is 0 Å². The molecule has 1 aromatic carbocycles. The van der Waals surface area contributed by atoms with Crippen LogP contribution in [0.4, 0.5) is 0 Å². The smallest absolute Gasteiger partial charge is 0.136 e. The summed E-state index contributed by atoms with van der Waals surface area (Å²) < 4.78 is 5.47. The Labute approximate surface area is 132 Å². The molecule has 2 aliphatic carbocycles. The fraction of sp³-hybridized carbons (Fsp3) is 0.632. The van der Waals surface area contributed by atoms with Crippen LogP contribution in [0.5, 0.6) is 5.75 Å². The van der Waals surface area contributed by atoms with Gasteiger partial charge in [0.25, 0.3) is 0 Å². The number of hydrogen-bond acceptors (Lipinski definition) is 3. The number of fused-ring (bicyclic) bond motifs is 1. The molecule has 5 atom stereocenters. The second-order valence-corrected chi connectivity index (χ2v) is 7.51. The lowest BCUT2D eigenvalue weighted by Crippen LogP contribution is -2.64. The van der Waals surface area contributed by atoms with Crippen LogP contribution in [0.2, 0.25) is 0 Å². The fourth-order valence-electron chi connectivity index (χ4n) is 5.48. The average Bonchev–Trinajstić information content (AvgIpc) is 2.52. The van der Waals surface area contributed by atoms with Gasteiger partial charge >= 0.3 is 0 Å². The summed E-state index contributed by atoms with van der Waals surface area (Å²) in [7, 11) is 1.72. The molecule has 1 aliphatic heterocycles. The van der Waals surface area contributed by atoms with Crippen molar-refractivity contribution in [2.45, 2.75) is 44.6 Å². The van der Waals surface area contributed by atoms with Crippen molar-refractivity contribution in [2.75, 3.05) is 13.7 Å². The quantitative estimate of drug-likeness (QED) is 0.866. The molecular formula is C19H25NO2. The molecule has 1 saturated heterocycles. The molecule has 22 heavy (non-hydrogen) atoms. The van der Waals surface area contributed by atoms with Gasteiger partial charge in [-0.15, -0.1) is 0 Å². The zero-order chi connectivity index (χ0) is 15.5. The third kappa shape index (κ3) is 1.75. The minimum atomic E-state index is 0.0288. The molecule has 3 nitrogen and oxygen atoms in total. The van der Waals surface area contributed by atoms with E-state index >= 15 is 0 Å². The lowest BCUT2D eigenvalue weighted by molar-refractivity contribution is -0.134. The van der Waals surface area contributed by atoms with Crippen molar-refractivity contribution < 1.29 is 9.53 Å². The summed E-state index contributed by atoms with van der Waals surface area (Å²) in [5, 5.41) is 3.74. The maximum Gasteiger partial charge on any atom is 0.136 e. The van der Waals surface area contributed by atoms with Crippen molar-refractivity contribution in [1.29, 1.82) is 0 Å². The summed E-state index contributed by atoms with van der Waals surface area (Å²) in [5.41, 5.74) is 2.83. The van der Waals surface area contributed by atoms with E-state index in [1.54, 1.807) is 7.11 Å². The third-order valence-corrected chi connectivity index (χ3v) is 6.70. The van der Waals surface area contributed by atoms with Gasteiger partial charge in [0.1, 0.15) is 11.5 Å².